The summed E-state index contributed by atoms with van der Waals surface area (Å²) in [6.07, 6.45) is 15.1. The first-order valence-electron chi connectivity index (χ1n) is 13.2. The van der Waals surface area contributed by atoms with Crippen LogP contribution in [-0.4, -0.2) is 35.1 Å². The molecule has 0 aromatic heterocycles. The maximum Gasteiger partial charge on any atom is 0.328 e. The van der Waals surface area contributed by atoms with Crippen molar-refractivity contribution in [3.63, 3.8) is 0 Å². The molecule has 1 aromatic carbocycles. The predicted octanol–water partition coefficient (Wildman–Crippen LogP) is 5.10. The molecule has 0 aliphatic heterocycles. The molecule has 0 heterocycles. The molecule has 1 atom stereocenters. The first-order chi connectivity index (χ1) is 17.9. The van der Waals surface area contributed by atoms with E-state index in [1.165, 1.54) is 0 Å². The monoisotopic (exact) mass is 511 g/mol. The fourth-order valence-corrected chi connectivity index (χ4v) is 4.17. The van der Waals surface area contributed by atoms with Crippen molar-refractivity contribution in [2.45, 2.75) is 89.8 Å². The smallest absolute Gasteiger partial charge is 0.328 e. The van der Waals surface area contributed by atoms with Gasteiger partial charge in [0.05, 0.1) is 0 Å². The third-order valence-electron chi connectivity index (χ3n) is 6.21. The molecule has 4 N–H and O–H groups in total. The molecule has 1 aliphatic carbocycles. The fraction of sp³-hybridized carbons (Fsp3) is 0.483. The number of ether oxygens (including phenoxy) is 1. The van der Waals surface area contributed by atoms with Gasteiger partial charge >= 0.3 is 5.97 Å². The standard InChI is InChI=1S/C29H41N3O5/c1-3-4-7-13-22(2)28(29(35)37-25-16-10-11-17-25)30-21-23-14-12-15-24(20-23)31-26(33)18-8-5-6-9-19-27(34)32-36/h3-4,7,12-15,20,25,28,30,36H,2,5-6,8-11,16-19,21H2,1H3,(H,31,33)(H,32,34)/b4-3-,13-7-/t28-/m0/s1. The van der Waals surface area contributed by atoms with Crippen molar-refractivity contribution < 1.29 is 24.3 Å². The van der Waals surface area contributed by atoms with Crippen molar-refractivity contribution in [2.24, 2.45) is 0 Å². The second-order valence-corrected chi connectivity index (χ2v) is 9.31. The third kappa shape index (κ3) is 12.0. The molecule has 0 saturated heterocycles. The number of rotatable bonds is 16. The van der Waals surface area contributed by atoms with Crippen molar-refractivity contribution in [3.8, 4) is 0 Å². The van der Waals surface area contributed by atoms with Crippen molar-refractivity contribution in [1.82, 2.24) is 10.8 Å². The Kier molecular flexibility index (Phi) is 14.0. The Hall–Kier alpha value is -3.23. The van der Waals surface area contributed by atoms with E-state index in [2.05, 4.69) is 17.2 Å². The van der Waals surface area contributed by atoms with Crippen LogP contribution in [-0.2, 0) is 25.7 Å². The molecule has 0 radical (unpaired) electrons. The second kappa shape index (κ2) is 17.3. The number of anilines is 1. The minimum absolute atomic E-state index is 0.0253. The van der Waals surface area contributed by atoms with Gasteiger partial charge in [0.1, 0.15) is 12.1 Å². The van der Waals surface area contributed by atoms with Crippen LogP contribution in [0.4, 0.5) is 5.69 Å². The largest absolute Gasteiger partial charge is 0.461 e. The van der Waals surface area contributed by atoms with E-state index in [-0.39, 0.29) is 24.4 Å². The highest BCUT2D eigenvalue weighted by Crippen LogP contribution is 2.22. The first kappa shape index (κ1) is 30.0. The summed E-state index contributed by atoms with van der Waals surface area (Å²) in [7, 11) is 0. The van der Waals surface area contributed by atoms with Crippen molar-refractivity contribution in [2.75, 3.05) is 5.32 Å². The molecule has 0 unspecified atom stereocenters. The Balaban J connectivity index is 1.86. The van der Waals surface area contributed by atoms with Gasteiger partial charge in [-0.3, -0.25) is 20.1 Å². The number of esters is 1. The molecule has 2 rings (SSSR count). The van der Waals surface area contributed by atoms with E-state index in [0.29, 0.717) is 30.6 Å². The lowest BCUT2D eigenvalue weighted by Gasteiger charge is -2.21. The van der Waals surface area contributed by atoms with Gasteiger partial charge in [0.2, 0.25) is 11.8 Å². The molecule has 2 amide bonds. The summed E-state index contributed by atoms with van der Waals surface area (Å²) in [5.74, 6) is -0.777. The molecule has 202 valence electrons. The van der Waals surface area contributed by atoms with Gasteiger partial charge in [-0.2, -0.15) is 0 Å². The zero-order chi connectivity index (χ0) is 26.9. The number of unbranched alkanes of at least 4 members (excludes halogenated alkanes) is 3. The SMILES string of the molecule is C=C(/C=C\C=C/C)[C@H](NCc1cccc(NC(=O)CCCCCCC(=O)NO)c1)C(=O)OC1CCCC1. The van der Waals surface area contributed by atoms with Gasteiger partial charge in [0, 0.05) is 25.1 Å². The fourth-order valence-electron chi connectivity index (χ4n) is 4.17. The van der Waals surface area contributed by atoms with E-state index < -0.39 is 11.9 Å². The number of allylic oxidation sites excluding steroid dienone is 3. The predicted molar refractivity (Wildman–Crippen MR) is 145 cm³/mol. The van der Waals surface area contributed by atoms with Gasteiger partial charge in [-0.25, -0.2) is 10.3 Å². The molecule has 8 heteroatoms. The molecule has 0 bridgehead atoms. The minimum Gasteiger partial charge on any atom is -0.461 e. The van der Waals surface area contributed by atoms with E-state index >= 15 is 0 Å². The van der Waals surface area contributed by atoms with E-state index in [1.54, 1.807) is 5.48 Å². The summed E-state index contributed by atoms with van der Waals surface area (Å²) < 4.78 is 5.74. The number of amides is 2. The zero-order valence-electron chi connectivity index (χ0n) is 21.8. The Morgan fingerprint density at radius 1 is 1.08 bits per heavy atom. The summed E-state index contributed by atoms with van der Waals surface area (Å²) in [4.78, 5) is 36.3. The van der Waals surface area contributed by atoms with Crippen LogP contribution in [0.15, 0.2) is 60.7 Å². The number of nitrogens with one attached hydrogen (secondary N) is 3. The normalized spacial score (nSPS) is 14.6. The number of hydrogen-bond donors (Lipinski definition) is 4. The summed E-state index contributed by atoms with van der Waals surface area (Å²) in [5.41, 5.74) is 3.86. The van der Waals surface area contributed by atoms with Crippen LogP contribution in [0.25, 0.3) is 0 Å². The molecule has 1 aromatic rings. The number of carbonyl (C=O) groups excluding carboxylic acids is 3. The average Bonchev–Trinajstić information content (AvgIpc) is 3.39. The molecular weight excluding hydrogens is 470 g/mol. The van der Waals surface area contributed by atoms with Crippen LogP contribution < -0.4 is 16.1 Å². The van der Waals surface area contributed by atoms with Crippen LogP contribution in [0.1, 0.15) is 76.7 Å². The zero-order valence-corrected chi connectivity index (χ0v) is 21.8. The highest BCUT2D eigenvalue weighted by Gasteiger charge is 2.26. The first-order valence-corrected chi connectivity index (χ1v) is 13.2. The topological polar surface area (TPSA) is 117 Å². The van der Waals surface area contributed by atoms with Gasteiger partial charge < -0.3 is 10.1 Å². The number of carbonyl (C=O) groups is 3. The Morgan fingerprint density at radius 2 is 1.78 bits per heavy atom. The second-order valence-electron chi connectivity index (χ2n) is 9.31. The van der Waals surface area contributed by atoms with Gasteiger partial charge in [0.15, 0.2) is 0 Å². The molecular formula is C29H41N3O5. The summed E-state index contributed by atoms with van der Waals surface area (Å²) >= 11 is 0. The quantitative estimate of drug-likeness (QED) is 0.0806. The van der Waals surface area contributed by atoms with Crippen molar-refractivity contribution in [3.05, 3.63) is 66.3 Å². The number of hydrogen-bond acceptors (Lipinski definition) is 6. The minimum atomic E-state index is -0.663. The van der Waals surface area contributed by atoms with Gasteiger partial charge in [-0.1, -0.05) is 55.9 Å². The van der Waals surface area contributed by atoms with Crippen molar-refractivity contribution in [1.29, 1.82) is 0 Å². The van der Waals surface area contributed by atoms with Crippen LogP contribution in [0, 0.1) is 0 Å². The maximum absolute atomic E-state index is 12.9. The van der Waals surface area contributed by atoms with Crippen LogP contribution >= 0.6 is 0 Å². The molecule has 37 heavy (non-hydrogen) atoms. The number of hydroxylamine groups is 1. The van der Waals surface area contributed by atoms with E-state index in [9.17, 15) is 14.4 Å². The Morgan fingerprint density at radius 3 is 2.46 bits per heavy atom. The summed E-state index contributed by atoms with van der Waals surface area (Å²) in [6.45, 7) is 6.41. The lowest BCUT2D eigenvalue weighted by atomic mass is 10.1. The van der Waals surface area contributed by atoms with E-state index in [1.807, 2.05) is 55.5 Å². The van der Waals surface area contributed by atoms with Crippen LogP contribution in [0.5, 0.6) is 0 Å². The lowest BCUT2D eigenvalue weighted by molar-refractivity contribution is -0.150. The average molecular weight is 512 g/mol. The van der Waals surface area contributed by atoms with Crippen molar-refractivity contribution >= 4 is 23.5 Å². The lowest BCUT2D eigenvalue weighted by Crippen LogP contribution is -2.40. The Labute approximate surface area is 220 Å². The highest BCUT2D eigenvalue weighted by atomic mass is 16.5. The van der Waals surface area contributed by atoms with Gasteiger partial charge in [0.25, 0.3) is 0 Å². The van der Waals surface area contributed by atoms with Crippen LogP contribution in [0.2, 0.25) is 0 Å². The molecule has 1 fully saturated rings. The van der Waals surface area contributed by atoms with E-state index in [0.717, 1.165) is 50.5 Å². The maximum atomic E-state index is 12.9. The molecule has 1 aliphatic rings. The van der Waals surface area contributed by atoms with E-state index in [4.69, 9.17) is 9.94 Å². The third-order valence-corrected chi connectivity index (χ3v) is 6.21. The highest BCUT2D eigenvalue weighted by molar-refractivity contribution is 5.90. The van der Waals surface area contributed by atoms with Gasteiger partial charge in [-0.05, 0) is 68.7 Å². The molecule has 0 spiro atoms. The Bertz CT molecular complexity index is 951. The van der Waals surface area contributed by atoms with Gasteiger partial charge in [-0.15, -0.1) is 0 Å². The molecule has 8 nitrogen and oxygen atoms in total. The number of benzene rings is 1. The molecule has 1 saturated carbocycles. The summed E-state index contributed by atoms with van der Waals surface area (Å²) in [6, 6.07) is 6.85. The van der Waals surface area contributed by atoms with Crippen LogP contribution in [0.3, 0.4) is 0 Å². The summed E-state index contributed by atoms with van der Waals surface area (Å²) in [5, 5.41) is 14.7.